The molecule has 1 fully saturated rings. The minimum Gasteiger partial charge on any atom is -0.448 e. The van der Waals surface area contributed by atoms with Crippen molar-refractivity contribution in [1.82, 2.24) is 4.90 Å². The van der Waals surface area contributed by atoms with Gasteiger partial charge in [0.1, 0.15) is 5.84 Å². The Bertz CT molecular complexity index is 295. The average Bonchev–Trinajstić information content (AvgIpc) is 2.34. The van der Waals surface area contributed by atoms with Crippen molar-refractivity contribution in [1.29, 1.82) is 0 Å². The van der Waals surface area contributed by atoms with E-state index in [1.165, 1.54) is 0 Å². The van der Waals surface area contributed by atoms with Gasteiger partial charge < -0.3 is 14.4 Å². The zero-order valence-corrected chi connectivity index (χ0v) is 11.8. The fourth-order valence-corrected chi connectivity index (χ4v) is 1.72. The third-order valence-corrected chi connectivity index (χ3v) is 2.60. The van der Waals surface area contributed by atoms with Crippen molar-refractivity contribution in [2.75, 3.05) is 32.9 Å². The molecule has 0 aromatic carbocycles. The summed E-state index contributed by atoms with van der Waals surface area (Å²) in [5.74, 6) is 1.33. The van der Waals surface area contributed by atoms with Crippen LogP contribution in [0, 0.1) is 11.8 Å². The van der Waals surface area contributed by atoms with Crippen LogP contribution in [0.3, 0.4) is 0 Å². The molecule has 0 aromatic heterocycles. The highest BCUT2D eigenvalue weighted by Crippen LogP contribution is 2.08. The standard InChI is InChI=1S/C13H24N2O3/c1-10(2)9-18-13(16)14-12(11(3)4)15-5-7-17-8-6-15/h10-11H,5-9H2,1-4H3/b14-12-. The van der Waals surface area contributed by atoms with E-state index < -0.39 is 6.09 Å². The van der Waals surface area contributed by atoms with Crippen molar-refractivity contribution in [2.24, 2.45) is 16.8 Å². The van der Waals surface area contributed by atoms with Crippen molar-refractivity contribution < 1.29 is 14.3 Å². The Balaban J connectivity index is 2.62. The lowest BCUT2D eigenvalue weighted by atomic mass is 10.1. The van der Waals surface area contributed by atoms with Crippen LogP contribution < -0.4 is 0 Å². The smallest absolute Gasteiger partial charge is 0.435 e. The fraction of sp³-hybridized carbons (Fsp3) is 0.846. The molecule has 1 amide bonds. The fourth-order valence-electron chi connectivity index (χ4n) is 1.72. The van der Waals surface area contributed by atoms with E-state index in [1.54, 1.807) is 0 Å². The van der Waals surface area contributed by atoms with E-state index >= 15 is 0 Å². The number of ether oxygens (including phenoxy) is 2. The molecule has 1 aliphatic rings. The van der Waals surface area contributed by atoms with Crippen LogP contribution >= 0.6 is 0 Å². The summed E-state index contributed by atoms with van der Waals surface area (Å²) in [6, 6.07) is 0. The zero-order valence-electron chi connectivity index (χ0n) is 11.8. The van der Waals surface area contributed by atoms with Gasteiger partial charge >= 0.3 is 6.09 Å². The van der Waals surface area contributed by atoms with Gasteiger partial charge in [-0.3, -0.25) is 0 Å². The third kappa shape index (κ3) is 5.04. The maximum absolute atomic E-state index is 11.6. The molecule has 1 rings (SSSR count). The predicted molar refractivity (Wildman–Crippen MR) is 70.9 cm³/mol. The number of hydrogen-bond acceptors (Lipinski definition) is 3. The first-order valence-electron chi connectivity index (χ1n) is 6.58. The van der Waals surface area contributed by atoms with Gasteiger partial charge in [-0.15, -0.1) is 0 Å². The van der Waals surface area contributed by atoms with Crippen molar-refractivity contribution in [3.63, 3.8) is 0 Å². The van der Waals surface area contributed by atoms with Gasteiger partial charge in [0, 0.05) is 19.0 Å². The maximum Gasteiger partial charge on any atom is 0.435 e. The molecular weight excluding hydrogens is 232 g/mol. The van der Waals surface area contributed by atoms with E-state index in [1.807, 2.05) is 27.7 Å². The molecule has 0 bridgehead atoms. The largest absolute Gasteiger partial charge is 0.448 e. The summed E-state index contributed by atoms with van der Waals surface area (Å²) in [6.45, 7) is 11.4. The van der Waals surface area contributed by atoms with Crippen molar-refractivity contribution in [3.05, 3.63) is 0 Å². The summed E-state index contributed by atoms with van der Waals surface area (Å²) < 4.78 is 10.4. The van der Waals surface area contributed by atoms with Gasteiger partial charge in [0.15, 0.2) is 0 Å². The van der Waals surface area contributed by atoms with E-state index in [0.717, 1.165) is 18.9 Å². The minimum absolute atomic E-state index is 0.203. The molecule has 1 saturated heterocycles. The molecule has 1 heterocycles. The van der Waals surface area contributed by atoms with Gasteiger partial charge in [-0.25, -0.2) is 4.79 Å². The molecule has 0 aromatic rings. The molecular formula is C13H24N2O3. The third-order valence-electron chi connectivity index (χ3n) is 2.60. The highest BCUT2D eigenvalue weighted by Gasteiger charge is 2.19. The summed E-state index contributed by atoms with van der Waals surface area (Å²) in [6.07, 6.45) is -0.487. The van der Waals surface area contributed by atoms with E-state index in [-0.39, 0.29) is 5.92 Å². The number of carbonyl (C=O) groups is 1. The van der Waals surface area contributed by atoms with E-state index in [2.05, 4.69) is 9.89 Å². The molecule has 0 unspecified atom stereocenters. The molecule has 18 heavy (non-hydrogen) atoms. The van der Waals surface area contributed by atoms with Gasteiger partial charge in [0.25, 0.3) is 0 Å². The number of nitrogens with zero attached hydrogens (tertiary/aromatic N) is 2. The summed E-state index contributed by atoms with van der Waals surface area (Å²) in [4.78, 5) is 17.8. The Morgan fingerprint density at radius 3 is 2.39 bits per heavy atom. The van der Waals surface area contributed by atoms with E-state index in [4.69, 9.17) is 9.47 Å². The topological polar surface area (TPSA) is 51.1 Å². The van der Waals surface area contributed by atoms with Crippen LogP contribution in [0.2, 0.25) is 0 Å². The molecule has 5 nitrogen and oxygen atoms in total. The Morgan fingerprint density at radius 1 is 1.28 bits per heavy atom. The van der Waals surface area contributed by atoms with Gasteiger partial charge in [-0.1, -0.05) is 27.7 Å². The number of hydrogen-bond donors (Lipinski definition) is 0. The minimum atomic E-state index is -0.487. The number of rotatable bonds is 3. The van der Waals surface area contributed by atoms with Crippen LogP contribution in [0.15, 0.2) is 4.99 Å². The van der Waals surface area contributed by atoms with Crippen LogP contribution in [0.25, 0.3) is 0 Å². The first-order valence-corrected chi connectivity index (χ1v) is 6.58. The lowest BCUT2D eigenvalue weighted by Crippen LogP contribution is -2.43. The highest BCUT2D eigenvalue weighted by molar-refractivity contribution is 5.93. The van der Waals surface area contributed by atoms with Crippen LogP contribution in [-0.4, -0.2) is 49.7 Å². The van der Waals surface area contributed by atoms with Gasteiger partial charge in [0.05, 0.1) is 19.8 Å². The van der Waals surface area contributed by atoms with Crippen molar-refractivity contribution >= 4 is 11.9 Å². The Hall–Kier alpha value is -1.10. The molecule has 0 saturated carbocycles. The van der Waals surface area contributed by atoms with Crippen LogP contribution in [0.5, 0.6) is 0 Å². The lowest BCUT2D eigenvalue weighted by Gasteiger charge is -2.31. The molecule has 0 spiro atoms. The second-order valence-electron chi connectivity index (χ2n) is 5.19. The summed E-state index contributed by atoms with van der Waals surface area (Å²) >= 11 is 0. The molecule has 1 aliphatic heterocycles. The number of amides is 1. The van der Waals surface area contributed by atoms with Crippen molar-refractivity contribution in [3.8, 4) is 0 Å². The van der Waals surface area contributed by atoms with E-state index in [0.29, 0.717) is 25.7 Å². The second-order valence-corrected chi connectivity index (χ2v) is 5.19. The molecule has 0 atom stereocenters. The van der Waals surface area contributed by atoms with Gasteiger partial charge in [0.2, 0.25) is 0 Å². The SMILES string of the molecule is CC(C)COC(=O)/N=C(/C(C)C)N1CCOCC1. The molecule has 0 aliphatic carbocycles. The Kier molecular flexibility index (Phi) is 6.12. The number of morpholine rings is 1. The summed E-state index contributed by atoms with van der Waals surface area (Å²) in [7, 11) is 0. The Morgan fingerprint density at radius 2 is 1.89 bits per heavy atom. The molecule has 0 N–H and O–H groups in total. The molecule has 104 valence electrons. The molecule has 0 radical (unpaired) electrons. The average molecular weight is 256 g/mol. The number of amidine groups is 1. The quantitative estimate of drug-likeness (QED) is 0.573. The first-order chi connectivity index (χ1) is 8.50. The summed E-state index contributed by atoms with van der Waals surface area (Å²) in [5, 5.41) is 0. The lowest BCUT2D eigenvalue weighted by molar-refractivity contribution is 0.0659. The summed E-state index contributed by atoms with van der Waals surface area (Å²) in [5.41, 5.74) is 0. The zero-order chi connectivity index (χ0) is 13.5. The highest BCUT2D eigenvalue weighted by atomic mass is 16.5. The monoisotopic (exact) mass is 256 g/mol. The second kappa shape index (κ2) is 7.36. The maximum atomic E-state index is 11.6. The number of aliphatic imine (C=N–C) groups is 1. The number of carbonyl (C=O) groups excluding carboxylic acids is 1. The van der Waals surface area contributed by atoms with Gasteiger partial charge in [-0.05, 0) is 5.92 Å². The molecule has 5 heteroatoms. The van der Waals surface area contributed by atoms with E-state index in [9.17, 15) is 4.79 Å². The Labute approximate surface area is 109 Å². The predicted octanol–water partition coefficient (Wildman–Crippen LogP) is 2.17. The van der Waals surface area contributed by atoms with Crippen LogP contribution in [0.1, 0.15) is 27.7 Å². The van der Waals surface area contributed by atoms with Crippen molar-refractivity contribution in [2.45, 2.75) is 27.7 Å². The van der Waals surface area contributed by atoms with Crippen LogP contribution in [0.4, 0.5) is 4.79 Å². The normalized spacial score (nSPS) is 17.4. The first kappa shape index (κ1) is 15.0. The van der Waals surface area contributed by atoms with Crippen LogP contribution in [-0.2, 0) is 9.47 Å². The van der Waals surface area contributed by atoms with Gasteiger partial charge in [-0.2, -0.15) is 4.99 Å².